The van der Waals surface area contributed by atoms with E-state index in [1.807, 2.05) is 37.3 Å². The molecule has 28 heavy (non-hydrogen) atoms. The summed E-state index contributed by atoms with van der Waals surface area (Å²) in [4.78, 5) is 40.8. The van der Waals surface area contributed by atoms with Gasteiger partial charge in [0, 0.05) is 7.05 Å². The Labute approximate surface area is 166 Å². The van der Waals surface area contributed by atoms with Crippen LogP contribution in [0.5, 0.6) is 0 Å². The van der Waals surface area contributed by atoms with Gasteiger partial charge in [-0.3, -0.25) is 19.5 Å². The Morgan fingerprint density at radius 3 is 2.54 bits per heavy atom. The lowest BCUT2D eigenvalue weighted by Gasteiger charge is -2.13. The lowest BCUT2D eigenvalue weighted by atomic mass is 10.1. The Balaban J connectivity index is 1.94. The maximum Gasteiger partial charge on any atom is 0.321 e. The van der Waals surface area contributed by atoms with E-state index in [1.165, 1.54) is 7.05 Å². The first-order valence-electron chi connectivity index (χ1n) is 8.67. The molecule has 0 atom stereocenters. The number of nitrogens with one attached hydrogen (secondary N) is 2. The molecule has 3 aromatic rings. The van der Waals surface area contributed by atoms with Gasteiger partial charge in [0.15, 0.2) is 5.16 Å². The van der Waals surface area contributed by atoms with Crippen molar-refractivity contribution in [3.05, 3.63) is 70.0 Å². The van der Waals surface area contributed by atoms with Crippen LogP contribution in [0.2, 0.25) is 0 Å². The zero-order valence-electron chi connectivity index (χ0n) is 15.6. The van der Waals surface area contributed by atoms with E-state index in [9.17, 15) is 14.4 Å². The van der Waals surface area contributed by atoms with E-state index in [-0.39, 0.29) is 11.3 Å². The number of para-hydroxylation sites is 1. The highest BCUT2D eigenvalue weighted by atomic mass is 32.2. The van der Waals surface area contributed by atoms with Gasteiger partial charge in [-0.25, -0.2) is 9.78 Å². The molecular formula is C20H20N4O3S. The molecular weight excluding hydrogens is 376 g/mol. The maximum absolute atomic E-state index is 13.0. The highest BCUT2D eigenvalue weighted by Gasteiger charge is 2.14. The molecule has 3 rings (SSSR count). The van der Waals surface area contributed by atoms with Gasteiger partial charge < -0.3 is 5.32 Å². The summed E-state index contributed by atoms with van der Waals surface area (Å²) in [7, 11) is 1.43. The van der Waals surface area contributed by atoms with Crippen LogP contribution in [0.4, 0.5) is 4.79 Å². The van der Waals surface area contributed by atoms with Crippen molar-refractivity contribution >= 4 is 34.6 Å². The number of hydrogen-bond acceptors (Lipinski definition) is 5. The van der Waals surface area contributed by atoms with Gasteiger partial charge in [0.1, 0.15) is 0 Å². The van der Waals surface area contributed by atoms with Crippen molar-refractivity contribution in [2.75, 3.05) is 12.8 Å². The largest absolute Gasteiger partial charge is 0.341 e. The summed E-state index contributed by atoms with van der Waals surface area (Å²) in [5.74, 6) is -0.500. The number of thioether (sulfide) groups is 1. The quantitative estimate of drug-likeness (QED) is 0.510. The molecule has 0 aliphatic heterocycles. The Hall–Kier alpha value is -3.13. The van der Waals surface area contributed by atoms with Crippen LogP contribution >= 0.6 is 11.8 Å². The second-order valence-corrected chi connectivity index (χ2v) is 7.15. The molecule has 1 aromatic heterocycles. The number of rotatable bonds is 5. The topological polar surface area (TPSA) is 93.1 Å². The monoisotopic (exact) mass is 396 g/mol. The number of nitrogens with zero attached hydrogens (tertiary/aromatic N) is 2. The zero-order chi connectivity index (χ0) is 20.1. The second kappa shape index (κ2) is 8.71. The molecule has 0 aliphatic rings. The van der Waals surface area contributed by atoms with Crippen LogP contribution in [0.1, 0.15) is 11.1 Å². The molecule has 7 nitrogen and oxygen atoms in total. The van der Waals surface area contributed by atoms with Gasteiger partial charge in [0.05, 0.1) is 23.2 Å². The van der Waals surface area contributed by atoms with Gasteiger partial charge in [-0.15, -0.1) is 0 Å². The number of hydrogen-bond donors (Lipinski definition) is 2. The van der Waals surface area contributed by atoms with E-state index in [4.69, 9.17) is 0 Å². The minimum absolute atomic E-state index is 0.0356. The van der Waals surface area contributed by atoms with Gasteiger partial charge in [0.2, 0.25) is 5.91 Å². The highest BCUT2D eigenvalue weighted by Crippen LogP contribution is 2.19. The van der Waals surface area contributed by atoms with Crippen LogP contribution in [-0.4, -0.2) is 34.3 Å². The van der Waals surface area contributed by atoms with Gasteiger partial charge in [0.25, 0.3) is 5.56 Å². The number of carbonyl (C=O) groups is 2. The summed E-state index contributed by atoms with van der Waals surface area (Å²) < 4.78 is 1.56. The smallest absolute Gasteiger partial charge is 0.321 e. The average Bonchev–Trinajstić information content (AvgIpc) is 2.70. The molecule has 3 amide bonds. The molecule has 2 aromatic carbocycles. The van der Waals surface area contributed by atoms with Crippen LogP contribution in [0, 0.1) is 6.92 Å². The summed E-state index contributed by atoms with van der Waals surface area (Å²) in [5.41, 5.74) is 2.50. The van der Waals surface area contributed by atoms with E-state index in [0.717, 1.165) is 22.9 Å². The fraction of sp³-hybridized carbons (Fsp3) is 0.200. The summed E-state index contributed by atoms with van der Waals surface area (Å²) in [5, 5.41) is 5.48. The third kappa shape index (κ3) is 4.58. The second-order valence-electron chi connectivity index (χ2n) is 6.20. The van der Waals surface area contributed by atoms with Crippen LogP contribution in [0.15, 0.2) is 58.5 Å². The molecule has 0 fully saturated rings. The minimum atomic E-state index is -0.575. The molecule has 0 bridgehead atoms. The number of amides is 3. The Morgan fingerprint density at radius 1 is 1.11 bits per heavy atom. The van der Waals surface area contributed by atoms with Crippen LogP contribution < -0.4 is 16.2 Å². The zero-order valence-corrected chi connectivity index (χ0v) is 16.4. The van der Waals surface area contributed by atoms with Gasteiger partial charge >= 0.3 is 6.03 Å². The standard InChI is InChI=1S/C20H20N4O3S/c1-13-7-9-14(10-8-13)11-24-18(26)15-5-3-4-6-16(15)22-20(24)28-12-17(25)23-19(27)21-2/h3-10H,11-12H2,1-2H3,(H2,21,23,25,27). The van der Waals surface area contributed by atoms with Crippen molar-refractivity contribution in [1.29, 1.82) is 0 Å². The molecule has 2 N–H and O–H groups in total. The van der Waals surface area contributed by atoms with Crippen molar-refractivity contribution in [2.45, 2.75) is 18.6 Å². The molecule has 0 saturated carbocycles. The predicted octanol–water partition coefficient (Wildman–Crippen LogP) is 2.30. The Kier molecular flexibility index (Phi) is 6.10. The van der Waals surface area contributed by atoms with Crippen molar-refractivity contribution < 1.29 is 9.59 Å². The van der Waals surface area contributed by atoms with Crippen molar-refractivity contribution in [1.82, 2.24) is 20.2 Å². The van der Waals surface area contributed by atoms with E-state index in [0.29, 0.717) is 22.6 Å². The number of aromatic nitrogens is 2. The highest BCUT2D eigenvalue weighted by molar-refractivity contribution is 7.99. The van der Waals surface area contributed by atoms with Gasteiger partial charge in [-0.2, -0.15) is 0 Å². The number of fused-ring (bicyclic) bond motifs is 1. The first-order valence-corrected chi connectivity index (χ1v) is 9.66. The summed E-state index contributed by atoms with van der Waals surface area (Å²) in [6, 6.07) is 14.4. The molecule has 0 radical (unpaired) electrons. The summed E-state index contributed by atoms with van der Waals surface area (Å²) >= 11 is 1.12. The molecule has 8 heteroatoms. The third-order valence-corrected chi connectivity index (χ3v) is 5.08. The number of benzene rings is 2. The van der Waals surface area contributed by atoms with E-state index < -0.39 is 11.9 Å². The fourth-order valence-electron chi connectivity index (χ4n) is 2.63. The minimum Gasteiger partial charge on any atom is -0.341 e. The molecule has 1 heterocycles. The predicted molar refractivity (Wildman–Crippen MR) is 110 cm³/mol. The van der Waals surface area contributed by atoms with Crippen molar-refractivity contribution in [2.24, 2.45) is 0 Å². The lowest BCUT2D eigenvalue weighted by Crippen LogP contribution is -2.38. The lowest BCUT2D eigenvalue weighted by molar-refractivity contribution is -0.117. The molecule has 0 spiro atoms. The maximum atomic E-state index is 13.0. The van der Waals surface area contributed by atoms with Crippen LogP contribution in [0.3, 0.4) is 0 Å². The Morgan fingerprint density at radius 2 is 1.82 bits per heavy atom. The summed E-state index contributed by atoms with van der Waals surface area (Å²) in [6.07, 6.45) is 0. The normalized spacial score (nSPS) is 10.6. The average molecular weight is 396 g/mol. The SMILES string of the molecule is CNC(=O)NC(=O)CSc1nc2ccccc2c(=O)n1Cc1ccc(C)cc1. The van der Waals surface area contributed by atoms with Crippen LogP contribution in [0.25, 0.3) is 10.9 Å². The number of urea groups is 1. The van der Waals surface area contributed by atoms with Gasteiger partial charge in [-0.1, -0.05) is 53.7 Å². The number of carbonyl (C=O) groups excluding carboxylic acids is 2. The molecule has 0 saturated heterocycles. The van der Waals surface area contributed by atoms with Crippen molar-refractivity contribution in [3.63, 3.8) is 0 Å². The fourth-order valence-corrected chi connectivity index (χ4v) is 3.43. The van der Waals surface area contributed by atoms with E-state index >= 15 is 0 Å². The molecule has 0 unspecified atom stereocenters. The number of aryl methyl sites for hydroxylation is 1. The van der Waals surface area contributed by atoms with Crippen molar-refractivity contribution in [3.8, 4) is 0 Å². The summed E-state index contributed by atoms with van der Waals surface area (Å²) in [6.45, 7) is 2.34. The van der Waals surface area contributed by atoms with E-state index in [2.05, 4.69) is 15.6 Å². The number of imide groups is 1. The Bertz CT molecular complexity index is 1080. The first-order chi connectivity index (χ1) is 13.5. The third-order valence-electron chi connectivity index (χ3n) is 4.10. The molecule has 144 valence electrons. The van der Waals surface area contributed by atoms with Crippen LogP contribution in [-0.2, 0) is 11.3 Å². The first kappa shape index (κ1) is 19.6. The van der Waals surface area contributed by atoms with Gasteiger partial charge in [-0.05, 0) is 24.6 Å². The molecule has 0 aliphatic carbocycles. The van der Waals surface area contributed by atoms with E-state index in [1.54, 1.807) is 22.8 Å².